The van der Waals surface area contributed by atoms with Gasteiger partial charge in [0.05, 0.1) is 0 Å². The summed E-state index contributed by atoms with van der Waals surface area (Å²) in [6.07, 6.45) is 2.90. The highest BCUT2D eigenvalue weighted by molar-refractivity contribution is 5.74. The SMILES string of the molecule is CCN(CC)C(=O)NCC1(C)CC(NC(=O)N(CC)CC)CC(C)(C)C1. The summed E-state index contributed by atoms with van der Waals surface area (Å²) in [5.74, 6) is 0. The lowest BCUT2D eigenvalue weighted by atomic mass is 9.62. The second-order valence-electron chi connectivity index (χ2n) is 8.71. The van der Waals surface area contributed by atoms with E-state index in [-0.39, 0.29) is 28.9 Å². The van der Waals surface area contributed by atoms with Gasteiger partial charge in [0.2, 0.25) is 0 Å². The predicted molar refractivity (Wildman–Crippen MR) is 107 cm³/mol. The van der Waals surface area contributed by atoms with Crippen molar-refractivity contribution in [1.29, 1.82) is 0 Å². The van der Waals surface area contributed by atoms with Crippen LogP contribution in [0.2, 0.25) is 0 Å². The fourth-order valence-electron chi connectivity index (χ4n) is 4.56. The van der Waals surface area contributed by atoms with Crippen molar-refractivity contribution in [2.75, 3.05) is 32.7 Å². The van der Waals surface area contributed by atoms with Crippen LogP contribution in [-0.2, 0) is 0 Å². The standard InChI is InChI=1S/C20H40N4O2/c1-8-23(9-2)17(25)21-15-20(7)13-16(12-19(5,6)14-20)22-18(26)24(10-3)11-4/h16H,8-15H2,1-7H3,(H,21,25)(H,22,26). The van der Waals surface area contributed by atoms with E-state index in [1.807, 2.05) is 32.6 Å². The Hall–Kier alpha value is -1.46. The van der Waals surface area contributed by atoms with Gasteiger partial charge in [0.25, 0.3) is 0 Å². The quantitative estimate of drug-likeness (QED) is 0.720. The van der Waals surface area contributed by atoms with Gasteiger partial charge in [-0.25, -0.2) is 9.59 Å². The molecule has 4 amide bonds. The van der Waals surface area contributed by atoms with Gasteiger partial charge < -0.3 is 20.4 Å². The molecule has 0 radical (unpaired) electrons. The first-order chi connectivity index (χ1) is 12.1. The lowest BCUT2D eigenvalue weighted by Crippen LogP contribution is -2.53. The number of hydrogen-bond acceptors (Lipinski definition) is 2. The van der Waals surface area contributed by atoms with Gasteiger partial charge in [-0.05, 0) is 57.8 Å². The second kappa shape index (κ2) is 9.47. The molecule has 1 fully saturated rings. The molecule has 0 heterocycles. The van der Waals surface area contributed by atoms with E-state index in [2.05, 4.69) is 31.4 Å². The van der Waals surface area contributed by atoms with Gasteiger partial charge in [-0.15, -0.1) is 0 Å². The summed E-state index contributed by atoms with van der Waals surface area (Å²) < 4.78 is 0. The van der Waals surface area contributed by atoms with E-state index in [9.17, 15) is 9.59 Å². The van der Waals surface area contributed by atoms with Crippen molar-refractivity contribution in [2.24, 2.45) is 10.8 Å². The first-order valence-electron chi connectivity index (χ1n) is 10.2. The Bertz CT molecular complexity index is 472. The normalized spacial score (nSPS) is 24.7. The van der Waals surface area contributed by atoms with Crippen molar-refractivity contribution in [3.05, 3.63) is 0 Å². The van der Waals surface area contributed by atoms with E-state index in [1.54, 1.807) is 4.90 Å². The summed E-state index contributed by atoms with van der Waals surface area (Å²) >= 11 is 0. The monoisotopic (exact) mass is 368 g/mol. The molecule has 152 valence electrons. The Balaban J connectivity index is 2.75. The summed E-state index contributed by atoms with van der Waals surface area (Å²) in [5, 5.41) is 6.34. The van der Waals surface area contributed by atoms with Crippen LogP contribution in [0, 0.1) is 10.8 Å². The Morgan fingerprint density at radius 3 is 1.88 bits per heavy atom. The molecule has 2 N–H and O–H groups in total. The third-order valence-electron chi connectivity index (χ3n) is 5.54. The van der Waals surface area contributed by atoms with E-state index in [0.29, 0.717) is 19.6 Å². The highest BCUT2D eigenvalue weighted by Gasteiger charge is 2.42. The second-order valence-corrected chi connectivity index (χ2v) is 8.71. The Morgan fingerprint density at radius 2 is 1.38 bits per heavy atom. The molecule has 0 aromatic carbocycles. The largest absolute Gasteiger partial charge is 0.337 e. The summed E-state index contributed by atoms with van der Waals surface area (Å²) in [6.45, 7) is 18.2. The molecule has 6 nitrogen and oxygen atoms in total. The number of nitrogens with one attached hydrogen (secondary N) is 2. The van der Waals surface area contributed by atoms with Gasteiger partial charge in [0.15, 0.2) is 0 Å². The van der Waals surface area contributed by atoms with Crippen LogP contribution in [0.25, 0.3) is 0 Å². The van der Waals surface area contributed by atoms with Crippen LogP contribution >= 0.6 is 0 Å². The van der Waals surface area contributed by atoms with Gasteiger partial charge in [0.1, 0.15) is 0 Å². The number of carbonyl (C=O) groups is 2. The van der Waals surface area contributed by atoms with Crippen molar-refractivity contribution in [3.63, 3.8) is 0 Å². The summed E-state index contributed by atoms with van der Waals surface area (Å²) in [5.41, 5.74) is 0.111. The van der Waals surface area contributed by atoms with Gasteiger partial charge in [0, 0.05) is 38.8 Å². The predicted octanol–water partition coefficient (Wildman–Crippen LogP) is 3.67. The molecule has 6 heteroatoms. The summed E-state index contributed by atoms with van der Waals surface area (Å²) in [7, 11) is 0. The highest BCUT2D eigenvalue weighted by Crippen LogP contribution is 2.45. The molecule has 0 bridgehead atoms. The van der Waals surface area contributed by atoms with Gasteiger partial charge >= 0.3 is 12.1 Å². The fraction of sp³-hybridized carbons (Fsp3) is 0.900. The molecule has 1 aliphatic rings. The zero-order chi connectivity index (χ0) is 20.0. The minimum atomic E-state index is -0.0221. The Labute approximate surface area is 160 Å². The lowest BCUT2D eigenvalue weighted by molar-refractivity contribution is 0.0712. The molecule has 0 aliphatic heterocycles. The van der Waals surface area contributed by atoms with Crippen LogP contribution in [0.15, 0.2) is 0 Å². The van der Waals surface area contributed by atoms with E-state index in [0.717, 1.165) is 32.4 Å². The number of carbonyl (C=O) groups excluding carboxylic acids is 2. The van der Waals surface area contributed by atoms with E-state index >= 15 is 0 Å². The third-order valence-corrected chi connectivity index (χ3v) is 5.54. The van der Waals surface area contributed by atoms with Crippen LogP contribution in [0.3, 0.4) is 0 Å². The van der Waals surface area contributed by atoms with Crippen LogP contribution in [-0.4, -0.2) is 60.6 Å². The van der Waals surface area contributed by atoms with Crippen molar-refractivity contribution >= 4 is 12.1 Å². The molecule has 0 aromatic rings. The Kier molecular flexibility index (Phi) is 8.22. The lowest BCUT2D eigenvalue weighted by Gasteiger charge is -2.47. The highest BCUT2D eigenvalue weighted by atomic mass is 16.2. The van der Waals surface area contributed by atoms with E-state index in [1.165, 1.54) is 0 Å². The number of nitrogens with zero attached hydrogens (tertiary/aromatic N) is 2. The summed E-state index contributed by atoms with van der Waals surface area (Å²) in [6, 6.07) is 0.165. The molecule has 0 spiro atoms. The maximum Gasteiger partial charge on any atom is 0.317 e. The zero-order valence-electron chi connectivity index (χ0n) is 17.9. The average Bonchev–Trinajstić information content (AvgIpc) is 2.53. The van der Waals surface area contributed by atoms with Crippen LogP contribution < -0.4 is 10.6 Å². The van der Waals surface area contributed by atoms with Crippen molar-refractivity contribution in [3.8, 4) is 0 Å². The Morgan fingerprint density at radius 1 is 0.885 bits per heavy atom. The minimum absolute atomic E-state index is 0.00308. The average molecular weight is 369 g/mol. The van der Waals surface area contributed by atoms with E-state index < -0.39 is 0 Å². The number of rotatable bonds is 7. The molecule has 26 heavy (non-hydrogen) atoms. The van der Waals surface area contributed by atoms with Crippen molar-refractivity contribution in [2.45, 2.75) is 73.8 Å². The first kappa shape index (κ1) is 22.6. The maximum absolute atomic E-state index is 12.5. The van der Waals surface area contributed by atoms with Gasteiger partial charge in [-0.1, -0.05) is 20.8 Å². The van der Waals surface area contributed by atoms with Crippen LogP contribution in [0.5, 0.6) is 0 Å². The minimum Gasteiger partial charge on any atom is -0.337 e. The van der Waals surface area contributed by atoms with E-state index in [4.69, 9.17) is 0 Å². The maximum atomic E-state index is 12.5. The van der Waals surface area contributed by atoms with Gasteiger partial charge in [-0.3, -0.25) is 0 Å². The van der Waals surface area contributed by atoms with Crippen molar-refractivity contribution < 1.29 is 9.59 Å². The molecule has 0 saturated heterocycles. The summed E-state index contributed by atoms with van der Waals surface area (Å²) in [4.78, 5) is 28.4. The molecule has 0 aromatic heterocycles. The molecule has 2 atom stereocenters. The fourth-order valence-corrected chi connectivity index (χ4v) is 4.56. The molecular weight excluding hydrogens is 328 g/mol. The first-order valence-corrected chi connectivity index (χ1v) is 10.2. The zero-order valence-corrected chi connectivity index (χ0v) is 17.9. The molecule has 1 saturated carbocycles. The topological polar surface area (TPSA) is 64.7 Å². The van der Waals surface area contributed by atoms with Gasteiger partial charge in [-0.2, -0.15) is 0 Å². The molecule has 1 rings (SSSR count). The third kappa shape index (κ3) is 6.36. The number of hydrogen-bond donors (Lipinski definition) is 2. The molecular formula is C20H40N4O2. The van der Waals surface area contributed by atoms with Crippen LogP contribution in [0.4, 0.5) is 9.59 Å². The number of urea groups is 2. The smallest absolute Gasteiger partial charge is 0.317 e. The van der Waals surface area contributed by atoms with Crippen molar-refractivity contribution in [1.82, 2.24) is 20.4 Å². The molecule has 2 unspecified atom stereocenters. The molecule has 1 aliphatic carbocycles. The van der Waals surface area contributed by atoms with Crippen LogP contribution in [0.1, 0.15) is 67.7 Å². The number of amides is 4.